The summed E-state index contributed by atoms with van der Waals surface area (Å²) in [6, 6.07) is 52.0. The molecule has 0 unspecified atom stereocenters. The first kappa shape index (κ1) is 106. The summed E-state index contributed by atoms with van der Waals surface area (Å²) in [5.74, 6) is -0.220. The number of nitrogens with one attached hydrogen (secondary N) is 1. The Morgan fingerprint density at radius 1 is 0.528 bits per heavy atom. The maximum absolute atomic E-state index is 13.1. The van der Waals surface area contributed by atoms with Crippen LogP contribution >= 0.6 is 70.8 Å². The van der Waals surface area contributed by atoms with Crippen LogP contribution in [0.2, 0.25) is 5.82 Å². The van der Waals surface area contributed by atoms with Gasteiger partial charge in [-0.2, -0.15) is 7.19 Å². The van der Waals surface area contributed by atoms with Crippen molar-refractivity contribution in [3.05, 3.63) is 313 Å². The number of phenols is 1. The zero-order valence-electron chi connectivity index (χ0n) is 67.7. The standard InChI is InChI=1S/C18H19FO2.C18H17FO2.C16H14BrFO3.C16H15FO3.C8H7IO2.C6H6BFO2.C3H7BO2.C3HBr2N3O3.CH4.Mn.2O/c2*1-21-11-15-9-18(13-4-6-16(19)7-5-13)17(12-2-3-12)8-14(15)10-20;1-3-21-15-9-12(10-4-6-11(18)7-5-10)14(17)8-13(15)16(19)20-2;1-3-20-15-10-12(6-9-14(15)16(18)19-2)11-4-7-13(17)8-5-11;1-5(10)7-3-2-6(9)4-8(7)11;8-6-3-1-5(2-4-6)7(9)10;5-4(6)3-1-2-3;4-7-1(9)6-2(10)8(5)3(7)11;;;;/h4-9,12,20H,2-3,10-11H2,1H3;4-10,12H,2-3,11H2,1H3;4-9H,3H2,1-2H3;4-10H,3H2,1-2H3;2-4,11H,1H3;1-4,9-10H;3,5-6H,1-2H2;(H,6,9,10);1H4;;;. The zero-order valence-corrected chi connectivity index (χ0v) is 75.8. The molecule has 36 heteroatoms. The number of aromatic amines is 1. The summed E-state index contributed by atoms with van der Waals surface area (Å²) >= 11 is 9.33. The van der Waals surface area contributed by atoms with Crippen molar-refractivity contribution in [1.29, 1.82) is 0 Å². The summed E-state index contributed by atoms with van der Waals surface area (Å²) in [7, 11) is 3.35. The number of nitrogens with zero attached hydrogens (tertiary/aromatic N) is 2. The Labute approximate surface area is 763 Å². The fraction of sp³-hybridized carbons (Fsp3) is 0.247. The van der Waals surface area contributed by atoms with Crippen molar-refractivity contribution in [2.24, 2.45) is 0 Å². The number of esters is 2. The summed E-state index contributed by atoms with van der Waals surface area (Å²) < 4.78 is 115. The Bertz CT molecular complexity index is 5580. The molecule has 3 aliphatic carbocycles. The number of carbonyl (C=O) groups is 4. The van der Waals surface area contributed by atoms with Crippen LogP contribution < -0.4 is 32.0 Å². The molecule has 0 amide bonds. The van der Waals surface area contributed by atoms with E-state index in [1.807, 2.05) is 43.1 Å². The van der Waals surface area contributed by atoms with Crippen molar-refractivity contribution < 1.29 is 122 Å². The van der Waals surface area contributed by atoms with Gasteiger partial charge in [-0.15, -0.1) is 0 Å². The van der Waals surface area contributed by atoms with Crippen LogP contribution in [-0.4, -0.2) is 122 Å². The number of aliphatic hydroxyl groups is 1. The van der Waals surface area contributed by atoms with Crippen molar-refractivity contribution in [2.75, 3.05) is 41.7 Å². The first-order valence-corrected chi connectivity index (χ1v) is 42.0. The van der Waals surface area contributed by atoms with Crippen LogP contribution in [0.4, 0.5) is 22.0 Å². The maximum atomic E-state index is 13.1. The average Bonchev–Trinajstić information content (AvgIpc) is 1.69. The van der Waals surface area contributed by atoms with Gasteiger partial charge in [-0.25, -0.2) is 45.9 Å². The number of rotatable bonds is 21. The third-order valence-electron chi connectivity index (χ3n) is 18.2. The van der Waals surface area contributed by atoms with Gasteiger partial charge in [-0.1, -0.05) is 109 Å². The van der Waals surface area contributed by atoms with Gasteiger partial charge < -0.3 is 58.7 Å². The van der Waals surface area contributed by atoms with E-state index in [0.29, 0.717) is 89.1 Å². The van der Waals surface area contributed by atoms with E-state index in [2.05, 4.69) is 82.9 Å². The second-order valence-corrected chi connectivity index (χ2v) is 30.7. The van der Waals surface area contributed by atoms with Crippen LogP contribution in [0, 0.1) is 32.7 Å². The molecule has 0 aliphatic heterocycles. The van der Waals surface area contributed by atoms with E-state index in [4.69, 9.17) is 56.2 Å². The van der Waals surface area contributed by atoms with Crippen LogP contribution in [0.5, 0.6) is 17.2 Å². The zero-order chi connectivity index (χ0) is 91.4. The molecule has 14 rings (SSSR count). The van der Waals surface area contributed by atoms with Crippen molar-refractivity contribution in [3.8, 4) is 61.8 Å². The van der Waals surface area contributed by atoms with E-state index in [-0.39, 0.29) is 60.5 Å². The number of aromatic nitrogens is 3. The molecule has 0 atom stereocenters. The minimum atomic E-state index is -1.51. The van der Waals surface area contributed by atoms with Gasteiger partial charge in [0, 0.05) is 27.8 Å². The third-order valence-corrected chi connectivity index (χ3v) is 20.8. The predicted molar refractivity (Wildman–Crippen MR) is 479 cm³/mol. The van der Waals surface area contributed by atoms with E-state index in [1.165, 1.54) is 118 Å². The summed E-state index contributed by atoms with van der Waals surface area (Å²) in [4.78, 5) is 79.5. The Morgan fingerprint density at radius 2 is 0.928 bits per heavy atom. The van der Waals surface area contributed by atoms with E-state index >= 15 is 0 Å². The number of phenolic OH excluding ortho intramolecular Hbond substituents is 1. The SMILES string of the molecule is C.CC(=O)c1ccc(I)cc1O.CCOc1cc(-c2ccc(F)cc2)c(Br)cc1C(=O)OC.CCOc1cc(-c2ccc(F)cc2)ccc1C(=O)OC.COCc1cc(-c2ccc(F)cc2)c(C2CC2)cc1C=O.COCc1cc(-c2ccc(F)cc2)c(C2CC2)cc1CO.O=c1[nH]c(=O)n(Br)c(=O)n1Br.OB(O)C1CC1.OB(O)c1ccc(F)cc1.[O]=[Mn]=[O]. The molecule has 7 N–H and O–H groups in total. The van der Waals surface area contributed by atoms with Gasteiger partial charge in [0.1, 0.15) is 63.7 Å². The number of aliphatic hydroxyl groups excluding tert-OH is 1. The molecule has 10 aromatic carbocycles. The number of hydrogen-bond acceptors (Lipinski definition) is 21. The number of aldehydes is 1. The molecule has 0 saturated heterocycles. The van der Waals surface area contributed by atoms with Crippen LogP contribution in [-0.2, 0) is 61.3 Å². The number of methoxy groups -OCH3 is 4. The van der Waals surface area contributed by atoms with Crippen LogP contribution in [0.1, 0.15) is 148 Å². The molecule has 1 aromatic heterocycles. The van der Waals surface area contributed by atoms with E-state index in [9.17, 15) is 65.7 Å². The molecular weight excluding hydrogens is 1990 g/mol. The molecule has 125 heavy (non-hydrogen) atoms. The van der Waals surface area contributed by atoms with Gasteiger partial charge in [0.2, 0.25) is 0 Å². The molecule has 24 nitrogen and oxygen atoms in total. The second-order valence-electron chi connectivity index (χ2n) is 27.0. The number of benzene rings is 10. The second kappa shape index (κ2) is 53.5. The quantitative estimate of drug-likeness (QED) is 0.00877. The van der Waals surface area contributed by atoms with E-state index in [1.54, 1.807) is 99.1 Å². The predicted octanol–water partition coefficient (Wildman–Crippen LogP) is 17.2. The molecular formula is C89H90B2Br3F5IMnN3O21. The first-order valence-electron chi connectivity index (χ1n) is 37.7. The first-order chi connectivity index (χ1) is 59.2. The monoisotopic (exact) mass is 2070 g/mol. The number of H-pyrrole nitrogens is 1. The van der Waals surface area contributed by atoms with Crippen LogP contribution in [0.15, 0.2) is 213 Å². The molecule has 1 heterocycles. The molecule has 3 aliphatic rings. The number of hydrogen-bond donors (Lipinski definition) is 7. The van der Waals surface area contributed by atoms with Crippen LogP contribution in [0.3, 0.4) is 0 Å². The van der Waals surface area contributed by atoms with Gasteiger partial charge in [0.05, 0.1) is 85.1 Å². The Hall–Kier alpha value is -9.92. The number of aromatic hydroxyl groups is 1. The third kappa shape index (κ3) is 33.4. The Morgan fingerprint density at radius 3 is 1.31 bits per heavy atom. The molecule has 3 saturated carbocycles. The van der Waals surface area contributed by atoms with Gasteiger partial charge in [-0.05, 0) is 286 Å². The average molecular weight is 2080 g/mol. The van der Waals surface area contributed by atoms with E-state index in [0.717, 1.165) is 96.7 Å². The number of Topliss-reactive ketones (excluding diaryl/α,β-unsaturated/α-hetero) is 1. The molecule has 3 fully saturated rings. The minimum absolute atomic E-state index is 0. The fourth-order valence-corrected chi connectivity index (χ4v) is 13.3. The molecule has 663 valence electrons. The Kier molecular flexibility index (Phi) is 45.2. The van der Waals surface area contributed by atoms with Gasteiger partial charge in [0.15, 0.2) is 5.78 Å². The van der Waals surface area contributed by atoms with Crippen molar-refractivity contribution in [3.63, 3.8) is 0 Å². The van der Waals surface area contributed by atoms with Gasteiger partial charge in [0.25, 0.3) is 0 Å². The van der Waals surface area contributed by atoms with Gasteiger partial charge in [-0.3, -0.25) is 14.6 Å². The summed E-state index contributed by atoms with van der Waals surface area (Å²) in [5.41, 5.74) is 12.4. The number of ether oxygens (including phenoxy) is 6. The number of ketones is 1. The number of halogens is 9. The summed E-state index contributed by atoms with van der Waals surface area (Å²) in [6.07, 6.45) is 7.54. The van der Waals surface area contributed by atoms with E-state index < -0.39 is 58.1 Å². The van der Waals surface area contributed by atoms with Crippen LogP contribution in [0.25, 0.3) is 44.5 Å². The normalized spacial score (nSPS) is 11.8. The molecule has 0 spiro atoms. The van der Waals surface area contributed by atoms with Crippen molar-refractivity contribution in [2.45, 2.75) is 104 Å². The topological polar surface area (TPSA) is 356 Å². The molecule has 0 radical (unpaired) electrons. The van der Waals surface area contributed by atoms with Gasteiger partial charge >= 0.3 is 65.7 Å². The summed E-state index contributed by atoms with van der Waals surface area (Å²) in [6.45, 7) is 6.85. The number of carbonyl (C=O) groups excluding carboxylic acids is 4. The Balaban J connectivity index is 0.000000258. The van der Waals surface area contributed by atoms with Crippen molar-refractivity contribution in [1.82, 2.24) is 12.2 Å². The molecule has 0 bridgehead atoms. The summed E-state index contributed by atoms with van der Waals surface area (Å²) in [5, 5.41) is 52.4. The fourth-order valence-electron chi connectivity index (χ4n) is 11.6. The van der Waals surface area contributed by atoms with Crippen molar-refractivity contribution >= 4 is 115 Å². The molecule has 11 aromatic rings.